The van der Waals surface area contributed by atoms with E-state index in [1.807, 2.05) is 87.4 Å². The van der Waals surface area contributed by atoms with Crippen molar-refractivity contribution in [2.45, 2.75) is 44.8 Å². The molecule has 1 saturated heterocycles. The molecule has 0 unspecified atom stereocenters. The Balaban J connectivity index is 1.42. The van der Waals surface area contributed by atoms with Gasteiger partial charge < -0.3 is 20.3 Å². The molecule has 9 nitrogen and oxygen atoms in total. The number of nitrogens with two attached hydrogens (primary N) is 1. The molecular weight excluding hydrogens is 509 g/mol. The summed E-state index contributed by atoms with van der Waals surface area (Å²) < 4.78 is 22.8. The summed E-state index contributed by atoms with van der Waals surface area (Å²) in [4.78, 5) is 25.3. The van der Waals surface area contributed by atoms with Gasteiger partial charge in [0.05, 0.1) is 18.0 Å². The van der Waals surface area contributed by atoms with E-state index in [2.05, 4.69) is 9.97 Å². The molecule has 3 heterocycles. The van der Waals surface area contributed by atoms with Crippen LogP contribution in [-0.2, 0) is 11.3 Å². The molecule has 40 heavy (non-hydrogen) atoms. The summed E-state index contributed by atoms with van der Waals surface area (Å²) in [6, 6.07) is 16.9. The Morgan fingerprint density at radius 2 is 1.82 bits per heavy atom. The van der Waals surface area contributed by atoms with Crippen molar-refractivity contribution in [3.8, 4) is 22.8 Å². The van der Waals surface area contributed by atoms with E-state index in [0.717, 1.165) is 24.2 Å². The van der Waals surface area contributed by atoms with Gasteiger partial charge in [0, 0.05) is 17.6 Å². The molecule has 0 aliphatic carbocycles. The van der Waals surface area contributed by atoms with Crippen LogP contribution in [-0.4, -0.2) is 67.7 Å². The van der Waals surface area contributed by atoms with E-state index in [-0.39, 0.29) is 6.04 Å². The molecule has 0 saturated carbocycles. The number of nitrogens with zero attached hydrogens (tertiary/aromatic N) is 6. The summed E-state index contributed by atoms with van der Waals surface area (Å²) in [5.41, 5.74) is 7.72. The van der Waals surface area contributed by atoms with E-state index in [0.29, 0.717) is 41.4 Å². The lowest BCUT2D eigenvalue weighted by atomic mass is 10.0. The highest BCUT2D eigenvalue weighted by molar-refractivity contribution is 5.98. The Hall–Kier alpha value is -4.31. The molecule has 5 rings (SSSR count). The monoisotopic (exact) mass is 543 g/mol. The number of ether oxygens (including phenoxy) is 1. The minimum atomic E-state index is -0.749. The second-order valence-electron chi connectivity index (χ2n) is 10.8. The number of halogens is 1. The van der Waals surface area contributed by atoms with Crippen LogP contribution in [0.3, 0.4) is 0 Å². The number of rotatable bonds is 8. The highest BCUT2D eigenvalue weighted by atomic mass is 19.1. The minimum Gasteiger partial charge on any atom is -0.457 e. The summed E-state index contributed by atoms with van der Waals surface area (Å²) in [6.07, 6.45) is 4.30. The average Bonchev–Trinajstić information content (AvgIpc) is 3.55. The predicted molar refractivity (Wildman–Crippen MR) is 153 cm³/mol. The second kappa shape index (κ2) is 11.1. The van der Waals surface area contributed by atoms with Crippen molar-refractivity contribution in [3.63, 3.8) is 0 Å². The van der Waals surface area contributed by atoms with Crippen LogP contribution in [0.1, 0.15) is 26.7 Å². The van der Waals surface area contributed by atoms with Crippen LogP contribution >= 0.6 is 0 Å². The van der Waals surface area contributed by atoms with Gasteiger partial charge in [0.2, 0.25) is 0 Å². The molecule has 1 amide bonds. The molecule has 1 atom stereocenters. The van der Waals surface area contributed by atoms with Crippen LogP contribution in [0, 0.1) is 0 Å². The largest absolute Gasteiger partial charge is 0.457 e. The normalized spacial score (nSPS) is 16.2. The van der Waals surface area contributed by atoms with Gasteiger partial charge in [-0.15, -0.1) is 0 Å². The lowest BCUT2D eigenvalue weighted by Gasteiger charge is -2.30. The first-order valence-corrected chi connectivity index (χ1v) is 13.3. The molecule has 10 heteroatoms. The Kier molecular flexibility index (Phi) is 7.53. The topological polar surface area (TPSA) is 102 Å². The van der Waals surface area contributed by atoms with Crippen molar-refractivity contribution >= 4 is 22.8 Å². The Labute approximate surface area is 233 Å². The van der Waals surface area contributed by atoms with Gasteiger partial charge in [-0.05, 0) is 83.3 Å². The number of benzene rings is 2. The van der Waals surface area contributed by atoms with E-state index < -0.39 is 17.3 Å². The number of para-hydroxylation sites is 1. The number of carbonyl (C=O) groups excluding carboxylic acids is 1. The van der Waals surface area contributed by atoms with E-state index in [1.165, 1.54) is 12.4 Å². The maximum Gasteiger partial charge on any atom is 0.282 e. The predicted octanol–water partition coefficient (Wildman–Crippen LogP) is 5.05. The van der Waals surface area contributed by atoms with Crippen LogP contribution in [0.15, 0.2) is 72.8 Å². The average molecular weight is 544 g/mol. The SMILES string of the molecule is CN(C)C(C)(C)C=C(F)C(=O)N1CCC[C@@H]1Cn1nc(-c2ccc(Oc3ccccc3)cc2)c2c(N)ncnc21. The maximum atomic E-state index is 15.1. The van der Waals surface area contributed by atoms with Crippen molar-refractivity contribution in [1.29, 1.82) is 0 Å². The zero-order chi connectivity index (χ0) is 28.4. The number of hydrogen-bond acceptors (Lipinski definition) is 7. The number of anilines is 1. The van der Waals surface area contributed by atoms with Crippen LogP contribution < -0.4 is 10.5 Å². The molecule has 1 aliphatic heterocycles. The van der Waals surface area contributed by atoms with Gasteiger partial charge in [-0.2, -0.15) is 5.10 Å². The fraction of sp³-hybridized carbons (Fsp3) is 0.333. The molecule has 1 aliphatic rings. The maximum absolute atomic E-state index is 15.1. The zero-order valence-corrected chi connectivity index (χ0v) is 23.2. The minimum absolute atomic E-state index is 0.233. The number of amides is 1. The molecule has 0 radical (unpaired) electrons. The van der Waals surface area contributed by atoms with Gasteiger partial charge in [-0.25, -0.2) is 19.0 Å². The van der Waals surface area contributed by atoms with Crippen molar-refractivity contribution in [2.75, 3.05) is 26.4 Å². The molecule has 2 aromatic heterocycles. The number of hydrogen-bond donors (Lipinski definition) is 1. The molecular formula is C30H34FN7O2. The van der Waals surface area contributed by atoms with Crippen LogP contribution in [0.2, 0.25) is 0 Å². The number of aromatic nitrogens is 4. The van der Waals surface area contributed by atoms with Crippen molar-refractivity contribution < 1.29 is 13.9 Å². The third kappa shape index (κ3) is 5.53. The zero-order valence-electron chi connectivity index (χ0n) is 23.2. The fourth-order valence-corrected chi connectivity index (χ4v) is 4.80. The van der Waals surface area contributed by atoms with Crippen molar-refractivity contribution in [2.24, 2.45) is 0 Å². The molecule has 2 N–H and O–H groups in total. The first kappa shape index (κ1) is 27.3. The molecule has 208 valence electrons. The Bertz CT molecular complexity index is 1530. The van der Waals surface area contributed by atoms with Gasteiger partial charge >= 0.3 is 0 Å². The standard InChI is InChI=1S/C30H34FN7O2/c1-30(2,36(3)4)17-24(31)29(39)37-16-8-9-21(37)18-38-28-25(27(32)33-19-34-28)26(35-38)20-12-14-23(15-13-20)40-22-10-6-5-7-11-22/h5-7,10-15,17,19,21H,8-9,16,18H2,1-4H3,(H2,32,33,34)/t21-/m1/s1. The quantitative estimate of drug-likeness (QED) is 0.310. The van der Waals surface area contributed by atoms with Crippen molar-refractivity contribution in [3.05, 3.63) is 72.8 Å². The number of fused-ring (bicyclic) bond motifs is 1. The number of carbonyl (C=O) groups is 1. The summed E-state index contributed by atoms with van der Waals surface area (Å²) in [6.45, 7) is 4.57. The van der Waals surface area contributed by atoms with Gasteiger partial charge in [0.25, 0.3) is 5.91 Å². The van der Waals surface area contributed by atoms with Gasteiger partial charge in [0.15, 0.2) is 11.5 Å². The number of likely N-dealkylation sites (tertiary alicyclic amines) is 1. The number of nitrogen functional groups attached to an aromatic ring is 1. The van der Waals surface area contributed by atoms with Crippen LogP contribution in [0.5, 0.6) is 11.5 Å². The number of likely N-dealkylation sites (N-methyl/N-ethyl adjacent to an activating group) is 1. The third-order valence-corrected chi connectivity index (χ3v) is 7.52. The molecule has 1 fully saturated rings. The molecule has 0 spiro atoms. The van der Waals surface area contributed by atoms with E-state index in [9.17, 15) is 4.79 Å². The summed E-state index contributed by atoms with van der Waals surface area (Å²) in [5.74, 6) is 0.402. The Morgan fingerprint density at radius 1 is 1.12 bits per heavy atom. The smallest absolute Gasteiger partial charge is 0.282 e. The van der Waals surface area contributed by atoms with Gasteiger partial charge in [-0.3, -0.25) is 4.79 Å². The van der Waals surface area contributed by atoms with Gasteiger partial charge in [0.1, 0.15) is 29.3 Å². The van der Waals surface area contributed by atoms with E-state index in [1.54, 1.807) is 9.58 Å². The summed E-state index contributed by atoms with van der Waals surface area (Å²) in [7, 11) is 3.70. The lowest BCUT2D eigenvalue weighted by Crippen LogP contribution is -2.40. The molecule has 0 bridgehead atoms. The van der Waals surface area contributed by atoms with E-state index >= 15 is 4.39 Å². The second-order valence-corrected chi connectivity index (χ2v) is 10.8. The first-order chi connectivity index (χ1) is 19.1. The third-order valence-electron chi connectivity index (χ3n) is 7.52. The highest BCUT2D eigenvalue weighted by Crippen LogP contribution is 2.33. The Morgan fingerprint density at radius 3 is 2.52 bits per heavy atom. The summed E-state index contributed by atoms with van der Waals surface area (Å²) >= 11 is 0. The molecule has 2 aromatic carbocycles. The highest BCUT2D eigenvalue weighted by Gasteiger charge is 2.33. The van der Waals surface area contributed by atoms with Crippen LogP contribution in [0.25, 0.3) is 22.3 Å². The first-order valence-electron chi connectivity index (χ1n) is 13.3. The van der Waals surface area contributed by atoms with E-state index in [4.69, 9.17) is 15.6 Å². The van der Waals surface area contributed by atoms with Crippen LogP contribution in [0.4, 0.5) is 10.2 Å². The molecule has 4 aromatic rings. The fourth-order valence-electron chi connectivity index (χ4n) is 4.80. The van der Waals surface area contributed by atoms with Crippen molar-refractivity contribution in [1.82, 2.24) is 29.5 Å². The lowest BCUT2D eigenvalue weighted by molar-refractivity contribution is -0.129. The van der Waals surface area contributed by atoms with Gasteiger partial charge in [-0.1, -0.05) is 18.2 Å². The summed E-state index contributed by atoms with van der Waals surface area (Å²) in [5, 5.41) is 5.49.